The van der Waals surface area contributed by atoms with Crippen LogP contribution in [0.15, 0.2) is 12.1 Å². The van der Waals surface area contributed by atoms with Crippen molar-refractivity contribution >= 4 is 0 Å². The van der Waals surface area contributed by atoms with Crippen molar-refractivity contribution in [3.8, 4) is 11.5 Å². The van der Waals surface area contributed by atoms with Gasteiger partial charge in [0.25, 0.3) is 0 Å². The van der Waals surface area contributed by atoms with Crippen molar-refractivity contribution in [1.29, 1.82) is 0 Å². The highest BCUT2D eigenvalue weighted by molar-refractivity contribution is 5.48. The Kier molecular flexibility index (Phi) is 4.36. The van der Waals surface area contributed by atoms with Crippen molar-refractivity contribution in [3.63, 3.8) is 0 Å². The Morgan fingerprint density at radius 3 is 2.43 bits per heavy atom. The van der Waals surface area contributed by atoms with Crippen LogP contribution in [0.1, 0.15) is 24.0 Å². The number of methoxy groups -OCH3 is 2. The van der Waals surface area contributed by atoms with Gasteiger partial charge in [-0.3, -0.25) is 4.90 Å². The summed E-state index contributed by atoms with van der Waals surface area (Å²) in [6, 6.07) is 5.01. The number of fused-ring (bicyclic) bond motifs is 1. The second-order valence-corrected chi connectivity index (χ2v) is 6.25. The molecule has 0 radical (unpaired) electrons. The Morgan fingerprint density at radius 2 is 1.76 bits per heavy atom. The van der Waals surface area contributed by atoms with Crippen molar-refractivity contribution in [1.82, 2.24) is 9.80 Å². The molecule has 1 aromatic carbocycles. The van der Waals surface area contributed by atoms with Crippen LogP contribution < -0.4 is 9.47 Å². The van der Waals surface area contributed by atoms with Crippen molar-refractivity contribution in [2.45, 2.75) is 31.8 Å². The smallest absolute Gasteiger partial charge is 0.161 e. The summed E-state index contributed by atoms with van der Waals surface area (Å²) in [5.41, 5.74) is 2.81. The second-order valence-electron chi connectivity index (χ2n) is 6.25. The monoisotopic (exact) mass is 290 g/mol. The lowest BCUT2D eigenvalue weighted by atomic mass is 9.95. The third-order valence-corrected chi connectivity index (χ3v) is 4.86. The molecule has 3 rings (SSSR count). The molecular weight excluding hydrogens is 264 g/mol. The topological polar surface area (TPSA) is 24.9 Å². The normalized spacial score (nSPS) is 23.7. The lowest BCUT2D eigenvalue weighted by Gasteiger charge is -2.40. The average Bonchev–Trinajstić information content (AvgIpc) is 2.53. The summed E-state index contributed by atoms with van der Waals surface area (Å²) in [7, 11) is 5.65. The van der Waals surface area contributed by atoms with Crippen LogP contribution in [-0.4, -0.2) is 56.7 Å². The zero-order chi connectivity index (χ0) is 14.8. The minimum atomic E-state index is 0.699. The van der Waals surface area contributed by atoms with Gasteiger partial charge in [-0.05, 0) is 56.1 Å². The van der Waals surface area contributed by atoms with Gasteiger partial charge in [-0.25, -0.2) is 0 Å². The Labute approximate surface area is 127 Å². The fourth-order valence-corrected chi connectivity index (χ4v) is 3.65. The molecule has 116 valence electrons. The molecular formula is C17H26N2O2. The first-order valence-electron chi connectivity index (χ1n) is 7.87. The molecule has 4 nitrogen and oxygen atoms in total. The summed E-state index contributed by atoms with van der Waals surface area (Å²) in [5, 5.41) is 0. The van der Waals surface area contributed by atoms with E-state index in [4.69, 9.17) is 9.47 Å². The van der Waals surface area contributed by atoms with Crippen LogP contribution in [0.2, 0.25) is 0 Å². The molecule has 0 bridgehead atoms. The molecule has 1 saturated heterocycles. The number of ether oxygens (including phenoxy) is 2. The SMILES string of the molecule is COc1cc2c(cc1OC)CN(C1CCCN(C)C1)CC2. The van der Waals surface area contributed by atoms with E-state index in [1.54, 1.807) is 14.2 Å². The summed E-state index contributed by atoms with van der Waals surface area (Å²) in [6.45, 7) is 4.63. The number of rotatable bonds is 3. The number of piperidine rings is 1. The summed E-state index contributed by atoms with van der Waals surface area (Å²) in [4.78, 5) is 5.10. The molecule has 2 heterocycles. The zero-order valence-electron chi connectivity index (χ0n) is 13.4. The maximum Gasteiger partial charge on any atom is 0.161 e. The summed E-state index contributed by atoms with van der Waals surface area (Å²) >= 11 is 0. The third kappa shape index (κ3) is 3.01. The third-order valence-electron chi connectivity index (χ3n) is 4.86. The van der Waals surface area contributed by atoms with E-state index in [1.165, 1.54) is 37.1 Å². The number of hydrogen-bond acceptors (Lipinski definition) is 4. The highest BCUT2D eigenvalue weighted by atomic mass is 16.5. The molecule has 0 aliphatic carbocycles. The van der Waals surface area contributed by atoms with E-state index in [-0.39, 0.29) is 0 Å². The molecule has 1 fully saturated rings. The first-order chi connectivity index (χ1) is 10.2. The lowest BCUT2D eigenvalue weighted by Crippen LogP contribution is -2.48. The van der Waals surface area contributed by atoms with Gasteiger partial charge in [0.15, 0.2) is 11.5 Å². The van der Waals surface area contributed by atoms with Crippen LogP contribution in [-0.2, 0) is 13.0 Å². The summed E-state index contributed by atoms with van der Waals surface area (Å²) < 4.78 is 10.9. The molecule has 1 unspecified atom stereocenters. The fraction of sp³-hybridized carbons (Fsp3) is 0.647. The van der Waals surface area contributed by atoms with Gasteiger partial charge < -0.3 is 14.4 Å². The second kappa shape index (κ2) is 6.24. The van der Waals surface area contributed by atoms with Crippen LogP contribution in [0.5, 0.6) is 11.5 Å². The Hall–Kier alpha value is -1.26. The van der Waals surface area contributed by atoms with Gasteiger partial charge in [0.05, 0.1) is 14.2 Å². The number of benzene rings is 1. The molecule has 1 aromatic rings. The summed E-state index contributed by atoms with van der Waals surface area (Å²) in [6.07, 6.45) is 3.75. The average molecular weight is 290 g/mol. The van der Waals surface area contributed by atoms with Crippen molar-refractivity contribution < 1.29 is 9.47 Å². The Bertz CT molecular complexity index is 504. The van der Waals surface area contributed by atoms with Crippen LogP contribution in [0, 0.1) is 0 Å². The van der Waals surface area contributed by atoms with E-state index in [0.717, 1.165) is 31.0 Å². The maximum absolute atomic E-state index is 5.45. The van der Waals surface area contributed by atoms with E-state index in [1.807, 2.05) is 0 Å². The minimum Gasteiger partial charge on any atom is -0.493 e. The van der Waals surface area contributed by atoms with Gasteiger partial charge in [-0.1, -0.05) is 0 Å². The van der Waals surface area contributed by atoms with E-state index < -0.39 is 0 Å². The first kappa shape index (κ1) is 14.7. The molecule has 0 spiro atoms. The van der Waals surface area contributed by atoms with Crippen molar-refractivity contribution in [3.05, 3.63) is 23.3 Å². The van der Waals surface area contributed by atoms with Gasteiger partial charge in [-0.2, -0.15) is 0 Å². The van der Waals surface area contributed by atoms with Gasteiger partial charge in [0, 0.05) is 25.7 Å². The molecule has 2 aliphatic heterocycles. The lowest BCUT2D eigenvalue weighted by molar-refractivity contribution is 0.101. The minimum absolute atomic E-state index is 0.699. The van der Waals surface area contributed by atoms with Crippen LogP contribution in [0.4, 0.5) is 0 Å². The Balaban J connectivity index is 1.78. The van der Waals surface area contributed by atoms with Gasteiger partial charge in [0.2, 0.25) is 0 Å². The molecule has 21 heavy (non-hydrogen) atoms. The van der Waals surface area contributed by atoms with E-state index in [2.05, 4.69) is 29.0 Å². The maximum atomic E-state index is 5.45. The highest BCUT2D eigenvalue weighted by Gasteiger charge is 2.27. The predicted molar refractivity (Wildman–Crippen MR) is 84.2 cm³/mol. The van der Waals surface area contributed by atoms with Crippen molar-refractivity contribution in [2.75, 3.05) is 40.9 Å². The predicted octanol–water partition coefficient (Wildman–Crippen LogP) is 2.16. The first-order valence-corrected chi connectivity index (χ1v) is 7.87. The molecule has 4 heteroatoms. The van der Waals surface area contributed by atoms with Gasteiger partial charge >= 0.3 is 0 Å². The molecule has 2 aliphatic rings. The van der Waals surface area contributed by atoms with E-state index >= 15 is 0 Å². The van der Waals surface area contributed by atoms with Crippen LogP contribution in [0.25, 0.3) is 0 Å². The van der Waals surface area contributed by atoms with Gasteiger partial charge in [0.1, 0.15) is 0 Å². The molecule has 0 N–H and O–H groups in total. The van der Waals surface area contributed by atoms with Crippen LogP contribution >= 0.6 is 0 Å². The number of likely N-dealkylation sites (N-methyl/N-ethyl adjacent to an activating group) is 1. The zero-order valence-corrected chi connectivity index (χ0v) is 13.4. The molecule has 0 saturated carbocycles. The number of nitrogens with zero attached hydrogens (tertiary/aromatic N) is 2. The Morgan fingerprint density at radius 1 is 1.05 bits per heavy atom. The largest absolute Gasteiger partial charge is 0.493 e. The van der Waals surface area contributed by atoms with Gasteiger partial charge in [-0.15, -0.1) is 0 Å². The summed E-state index contributed by atoms with van der Waals surface area (Å²) in [5.74, 6) is 1.70. The molecule has 0 amide bonds. The molecule has 1 atom stereocenters. The standard InChI is InChI=1S/C17H26N2O2/c1-18-7-4-5-15(12-18)19-8-6-13-9-16(20-2)17(21-3)10-14(13)11-19/h9-10,15H,4-8,11-12H2,1-3H3. The quantitative estimate of drug-likeness (QED) is 0.851. The molecule has 0 aromatic heterocycles. The highest BCUT2D eigenvalue weighted by Crippen LogP contribution is 2.34. The van der Waals surface area contributed by atoms with Crippen LogP contribution in [0.3, 0.4) is 0 Å². The van der Waals surface area contributed by atoms with E-state index in [0.29, 0.717) is 6.04 Å². The van der Waals surface area contributed by atoms with E-state index in [9.17, 15) is 0 Å². The fourth-order valence-electron chi connectivity index (χ4n) is 3.65. The number of hydrogen-bond donors (Lipinski definition) is 0. The number of likely N-dealkylation sites (tertiary alicyclic amines) is 1. The van der Waals surface area contributed by atoms with Crippen molar-refractivity contribution in [2.24, 2.45) is 0 Å².